The van der Waals surface area contributed by atoms with Crippen molar-refractivity contribution in [2.45, 2.75) is 53.5 Å². The van der Waals surface area contributed by atoms with E-state index in [2.05, 4.69) is 30.8 Å². The van der Waals surface area contributed by atoms with Gasteiger partial charge in [0.2, 0.25) is 0 Å². The minimum atomic E-state index is -0.240. The predicted molar refractivity (Wildman–Crippen MR) is 68.8 cm³/mol. The van der Waals surface area contributed by atoms with Crippen LogP contribution in [0.15, 0.2) is 5.16 Å². The molecule has 0 amide bonds. The molecule has 0 aromatic heterocycles. The quantitative estimate of drug-likeness (QED) is 0.305. The van der Waals surface area contributed by atoms with E-state index in [0.717, 1.165) is 25.9 Å². The topological polar surface area (TPSA) is 61.8 Å². The zero-order valence-electron chi connectivity index (χ0n) is 11.3. The Hall–Kier alpha value is -0.770. The van der Waals surface area contributed by atoms with Crippen molar-refractivity contribution in [2.24, 2.45) is 16.3 Å². The van der Waals surface area contributed by atoms with Crippen LogP contribution in [-0.2, 0) is 0 Å². The normalized spacial score (nSPS) is 13.8. The molecule has 0 atom stereocenters. The largest absolute Gasteiger partial charge is 0.409 e. The molecule has 0 aliphatic rings. The van der Waals surface area contributed by atoms with E-state index in [0.29, 0.717) is 11.9 Å². The van der Waals surface area contributed by atoms with Crippen LogP contribution in [0, 0.1) is 5.41 Å². The summed E-state index contributed by atoms with van der Waals surface area (Å²) in [7, 11) is 0. The number of amidine groups is 1. The van der Waals surface area contributed by atoms with Crippen molar-refractivity contribution < 1.29 is 5.21 Å². The van der Waals surface area contributed by atoms with Gasteiger partial charge in [0.25, 0.3) is 0 Å². The molecule has 0 saturated heterocycles. The van der Waals surface area contributed by atoms with Gasteiger partial charge in [-0.2, -0.15) is 0 Å². The maximum atomic E-state index is 8.70. The molecule has 16 heavy (non-hydrogen) atoms. The van der Waals surface area contributed by atoms with E-state index in [9.17, 15) is 0 Å². The van der Waals surface area contributed by atoms with E-state index in [-0.39, 0.29) is 5.41 Å². The van der Waals surface area contributed by atoms with E-state index >= 15 is 0 Å². The third kappa shape index (κ3) is 4.84. The average Bonchev–Trinajstić information content (AvgIpc) is 2.22. The highest BCUT2D eigenvalue weighted by molar-refractivity contribution is 5.85. The summed E-state index contributed by atoms with van der Waals surface area (Å²) in [6.45, 7) is 12.7. The lowest BCUT2D eigenvalue weighted by Crippen LogP contribution is -2.39. The fourth-order valence-electron chi connectivity index (χ4n) is 1.60. The van der Waals surface area contributed by atoms with Crippen molar-refractivity contribution in [1.29, 1.82) is 0 Å². The Morgan fingerprint density at radius 3 is 2.31 bits per heavy atom. The van der Waals surface area contributed by atoms with Gasteiger partial charge in [-0.1, -0.05) is 25.9 Å². The van der Waals surface area contributed by atoms with Gasteiger partial charge in [-0.05, 0) is 39.8 Å². The van der Waals surface area contributed by atoms with Gasteiger partial charge in [0.05, 0.1) is 0 Å². The zero-order valence-corrected chi connectivity index (χ0v) is 11.3. The van der Waals surface area contributed by atoms with Gasteiger partial charge in [0.15, 0.2) is 0 Å². The summed E-state index contributed by atoms with van der Waals surface area (Å²) in [6, 6.07) is 0.544. The van der Waals surface area contributed by atoms with Crippen molar-refractivity contribution in [3.05, 3.63) is 0 Å². The number of nitrogens with zero attached hydrogens (tertiary/aromatic N) is 2. The summed E-state index contributed by atoms with van der Waals surface area (Å²) < 4.78 is 0. The molecule has 0 heterocycles. The van der Waals surface area contributed by atoms with Gasteiger partial charge in [0.1, 0.15) is 5.84 Å². The molecule has 0 saturated carbocycles. The number of nitrogens with two attached hydrogens (primary N) is 1. The highest BCUT2D eigenvalue weighted by Crippen LogP contribution is 2.21. The van der Waals surface area contributed by atoms with Gasteiger partial charge in [-0.15, -0.1) is 0 Å². The molecule has 0 spiro atoms. The molecule has 0 aliphatic carbocycles. The molecule has 0 aromatic carbocycles. The second-order valence-electron chi connectivity index (χ2n) is 5.25. The van der Waals surface area contributed by atoms with Crippen molar-refractivity contribution in [2.75, 3.05) is 13.1 Å². The van der Waals surface area contributed by atoms with Crippen molar-refractivity contribution in [3.63, 3.8) is 0 Å². The Balaban J connectivity index is 4.29. The number of rotatable bonds is 7. The smallest absolute Gasteiger partial charge is 0.144 e. The lowest BCUT2D eigenvalue weighted by atomic mass is 9.87. The minimum absolute atomic E-state index is 0.240. The van der Waals surface area contributed by atoms with Crippen LogP contribution in [0.25, 0.3) is 0 Å². The van der Waals surface area contributed by atoms with E-state index in [1.54, 1.807) is 0 Å². The molecule has 0 radical (unpaired) electrons. The van der Waals surface area contributed by atoms with Crippen molar-refractivity contribution >= 4 is 5.84 Å². The van der Waals surface area contributed by atoms with Crippen LogP contribution in [0.5, 0.6) is 0 Å². The van der Waals surface area contributed by atoms with Gasteiger partial charge >= 0.3 is 0 Å². The second kappa shape index (κ2) is 6.74. The molecule has 0 unspecified atom stereocenters. The zero-order chi connectivity index (χ0) is 12.8. The summed E-state index contributed by atoms with van der Waals surface area (Å²) in [5.41, 5.74) is 5.43. The van der Waals surface area contributed by atoms with Crippen LogP contribution in [0.4, 0.5) is 0 Å². The average molecular weight is 229 g/mol. The van der Waals surface area contributed by atoms with Crippen LogP contribution in [-0.4, -0.2) is 35.1 Å². The fourth-order valence-corrected chi connectivity index (χ4v) is 1.60. The molecule has 96 valence electrons. The molecule has 0 aromatic rings. The third-order valence-electron chi connectivity index (χ3n) is 3.07. The predicted octanol–water partition coefficient (Wildman–Crippen LogP) is 2.27. The van der Waals surface area contributed by atoms with E-state index in [1.165, 1.54) is 0 Å². The van der Waals surface area contributed by atoms with Gasteiger partial charge < -0.3 is 15.8 Å². The molecule has 4 heteroatoms. The SMILES string of the molecule is CCCN(CCC(C)(C)C(N)=NO)C(C)C. The number of hydrogen-bond donors (Lipinski definition) is 2. The summed E-state index contributed by atoms with van der Waals surface area (Å²) >= 11 is 0. The molecular weight excluding hydrogens is 202 g/mol. The highest BCUT2D eigenvalue weighted by atomic mass is 16.4. The first-order chi connectivity index (χ1) is 7.35. The monoisotopic (exact) mass is 229 g/mol. The minimum Gasteiger partial charge on any atom is -0.409 e. The maximum absolute atomic E-state index is 8.70. The highest BCUT2D eigenvalue weighted by Gasteiger charge is 2.24. The summed E-state index contributed by atoms with van der Waals surface area (Å²) in [5, 5.41) is 11.8. The number of oxime groups is 1. The second-order valence-corrected chi connectivity index (χ2v) is 5.25. The van der Waals surface area contributed by atoms with Crippen LogP contribution in [0.3, 0.4) is 0 Å². The summed E-state index contributed by atoms with van der Waals surface area (Å²) in [6.07, 6.45) is 2.06. The van der Waals surface area contributed by atoms with E-state index < -0.39 is 0 Å². The molecule has 0 aliphatic heterocycles. The maximum Gasteiger partial charge on any atom is 0.144 e. The van der Waals surface area contributed by atoms with Gasteiger partial charge in [0, 0.05) is 11.5 Å². The Bertz CT molecular complexity index is 224. The Kier molecular flexibility index (Phi) is 6.41. The molecule has 0 bridgehead atoms. The Labute approximate surface area is 99.5 Å². The Morgan fingerprint density at radius 1 is 1.38 bits per heavy atom. The van der Waals surface area contributed by atoms with Crippen molar-refractivity contribution in [3.8, 4) is 0 Å². The standard InChI is InChI=1S/C12H27N3O/c1-6-8-15(10(2)3)9-7-12(4,5)11(13)14-16/h10,16H,6-9H2,1-5H3,(H2,13,14). The van der Waals surface area contributed by atoms with Crippen LogP contribution in [0.1, 0.15) is 47.5 Å². The van der Waals surface area contributed by atoms with Crippen LogP contribution in [0.2, 0.25) is 0 Å². The van der Waals surface area contributed by atoms with Crippen LogP contribution < -0.4 is 5.73 Å². The van der Waals surface area contributed by atoms with Gasteiger partial charge in [-0.3, -0.25) is 0 Å². The molecule has 0 rings (SSSR count). The fraction of sp³-hybridized carbons (Fsp3) is 0.917. The van der Waals surface area contributed by atoms with E-state index in [1.807, 2.05) is 13.8 Å². The third-order valence-corrected chi connectivity index (χ3v) is 3.07. The molecule has 0 fully saturated rings. The summed E-state index contributed by atoms with van der Waals surface area (Å²) in [5.74, 6) is 0.313. The first kappa shape index (κ1) is 15.2. The van der Waals surface area contributed by atoms with E-state index in [4.69, 9.17) is 10.9 Å². The van der Waals surface area contributed by atoms with Crippen LogP contribution >= 0.6 is 0 Å². The number of hydrogen-bond acceptors (Lipinski definition) is 3. The molecule has 4 nitrogen and oxygen atoms in total. The van der Waals surface area contributed by atoms with Gasteiger partial charge in [-0.25, -0.2) is 0 Å². The lowest BCUT2D eigenvalue weighted by Gasteiger charge is -2.30. The van der Waals surface area contributed by atoms with Crippen molar-refractivity contribution in [1.82, 2.24) is 4.90 Å². The molecular formula is C12H27N3O. The molecule has 3 N–H and O–H groups in total. The summed E-state index contributed by atoms with van der Waals surface area (Å²) in [4.78, 5) is 2.42. The lowest BCUT2D eigenvalue weighted by molar-refractivity contribution is 0.199. The first-order valence-corrected chi connectivity index (χ1v) is 6.07. The Morgan fingerprint density at radius 2 is 1.94 bits per heavy atom. The first-order valence-electron chi connectivity index (χ1n) is 6.07.